The number of rotatable bonds is 16. The van der Waals surface area contributed by atoms with Gasteiger partial charge in [-0.05, 0) is 94.2 Å². The normalized spacial score (nSPS) is 11.2. The van der Waals surface area contributed by atoms with Crippen molar-refractivity contribution >= 4 is 23.1 Å². The molecule has 6 nitrogen and oxygen atoms in total. The van der Waals surface area contributed by atoms with Crippen LogP contribution < -0.4 is 5.73 Å². The Hall–Kier alpha value is -3.35. The number of halogens is 1. The number of unbranched alkanes of at least 4 members (excludes halogenated alkanes) is 4. The molecule has 0 aliphatic carbocycles. The average molecular weight is 702 g/mol. The van der Waals surface area contributed by atoms with Crippen molar-refractivity contribution in [3.63, 3.8) is 0 Å². The van der Waals surface area contributed by atoms with Crippen LogP contribution in [0.25, 0.3) is 0 Å². The third-order valence-corrected chi connectivity index (χ3v) is 6.84. The highest BCUT2D eigenvalue weighted by Gasteiger charge is 2.21. The summed E-state index contributed by atoms with van der Waals surface area (Å²) >= 11 is 0. The quantitative estimate of drug-likeness (QED) is 0.0261. The van der Waals surface area contributed by atoms with Gasteiger partial charge >= 0.3 is 0 Å². The standard InChI is InChI=1S/C28H41NO3.C7H16.C4H7F.C2H6N2.C2H6/c1-10-14-25(30)23(12-3)27(32-13-4)16-20(6)29-18-26(31)21-15-19(5)22(11-2)24(17-21)28(7,8)9;1-3-5-7-6-4-2;1-4(2)3-5;1-2(3)4;1-2/h12,15-17H,10-11,13-14,18H2,1-9H3;3-7H2,1-2H3;1,3H2,2H3;1H3,(H3,3,4);1-2H3/b23-12-,27-16+,29-20?;;;;. The van der Waals surface area contributed by atoms with Crippen LogP contribution in [0.5, 0.6) is 0 Å². The van der Waals surface area contributed by atoms with Crippen LogP contribution in [0.2, 0.25) is 0 Å². The van der Waals surface area contributed by atoms with Gasteiger partial charge in [-0.3, -0.25) is 20.0 Å². The molecule has 0 aromatic heterocycles. The lowest BCUT2D eigenvalue weighted by Gasteiger charge is -2.25. The highest BCUT2D eigenvalue weighted by atomic mass is 19.1. The van der Waals surface area contributed by atoms with Crippen molar-refractivity contribution in [2.75, 3.05) is 19.8 Å². The first kappa shape index (κ1) is 53.4. The van der Waals surface area contributed by atoms with Crippen LogP contribution in [-0.4, -0.2) is 42.9 Å². The number of allylic oxidation sites excluding steroid dienone is 4. The number of aryl methyl sites for hydroxylation is 1. The van der Waals surface area contributed by atoms with E-state index >= 15 is 0 Å². The molecule has 3 N–H and O–H groups in total. The van der Waals surface area contributed by atoms with Crippen LogP contribution in [0.1, 0.15) is 169 Å². The average Bonchev–Trinajstić information content (AvgIpc) is 3.05. The van der Waals surface area contributed by atoms with Crippen molar-refractivity contribution in [3.8, 4) is 0 Å². The summed E-state index contributed by atoms with van der Waals surface area (Å²) in [6.07, 6.45) is 12.7. The van der Waals surface area contributed by atoms with Gasteiger partial charge < -0.3 is 10.5 Å². The monoisotopic (exact) mass is 702 g/mol. The van der Waals surface area contributed by atoms with E-state index < -0.39 is 0 Å². The number of ether oxygens (including phenoxy) is 1. The molecule has 0 aliphatic heterocycles. The zero-order valence-electron chi connectivity index (χ0n) is 34.9. The Labute approximate surface area is 307 Å². The molecule has 1 rings (SSSR count). The molecule has 0 saturated heterocycles. The van der Waals surface area contributed by atoms with E-state index in [2.05, 4.69) is 60.0 Å². The van der Waals surface area contributed by atoms with Crippen LogP contribution in [0, 0.1) is 12.3 Å². The molecule has 0 radical (unpaired) electrons. The fourth-order valence-corrected chi connectivity index (χ4v) is 4.47. The molecule has 0 spiro atoms. The van der Waals surface area contributed by atoms with E-state index in [1.165, 1.54) is 50.2 Å². The Morgan fingerprint density at radius 3 is 1.84 bits per heavy atom. The lowest BCUT2D eigenvalue weighted by molar-refractivity contribution is -0.115. The van der Waals surface area contributed by atoms with Crippen molar-refractivity contribution < 1.29 is 18.7 Å². The molecule has 1 aromatic rings. The molecular weight excluding hydrogens is 625 g/mol. The zero-order chi connectivity index (χ0) is 39.9. The molecule has 288 valence electrons. The summed E-state index contributed by atoms with van der Waals surface area (Å²) in [5, 5.41) is 6.28. The Kier molecular flexibility index (Phi) is 35.1. The number of benzene rings is 1. The van der Waals surface area contributed by atoms with Gasteiger partial charge in [0.05, 0.1) is 18.0 Å². The van der Waals surface area contributed by atoms with E-state index in [0.29, 0.717) is 41.2 Å². The maximum atomic E-state index is 13.0. The van der Waals surface area contributed by atoms with Crippen LogP contribution in [0.3, 0.4) is 0 Å². The van der Waals surface area contributed by atoms with Crippen LogP contribution >= 0.6 is 0 Å². The summed E-state index contributed by atoms with van der Waals surface area (Å²) in [7, 11) is 0. The van der Waals surface area contributed by atoms with Crippen LogP contribution in [0.4, 0.5) is 4.39 Å². The Bertz CT molecular complexity index is 1200. The first-order valence-corrected chi connectivity index (χ1v) is 18.6. The summed E-state index contributed by atoms with van der Waals surface area (Å²) in [5.41, 5.74) is 10.8. The van der Waals surface area contributed by atoms with Gasteiger partial charge in [-0.2, -0.15) is 0 Å². The van der Waals surface area contributed by atoms with Crippen molar-refractivity contribution in [2.24, 2.45) is 10.7 Å². The number of hydrogen-bond donors (Lipinski definition) is 2. The molecule has 0 atom stereocenters. The number of aliphatic imine (C=N–C) groups is 1. The Balaban J connectivity index is -0.000000481. The van der Waals surface area contributed by atoms with Crippen LogP contribution in [0.15, 0.2) is 52.8 Å². The van der Waals surface area contributed by atoms with Crippen molar-refractivity contribution in [1.82, 2.24) is 0 Å². The lowest BCUT2D eigenvalue weighted by atomic mass is 9.80. The predicted octanol–water partition coefficient (Wildman–Crippen LogP) is 12.2. The second-order valence-electron chi connectivity index (χ2n) is 13.0. The van der Waals surface area contributed by atoms with Crippen molar-refractivity contribution in [3.05, 3.63) is 70.0 Å². The molecule has 50 heavy (non-hydrogen) atoms. The fraction of sp³-hybridized carbons (Fsp3) is 0.628. The number of carbonyl (C=O) groups excluding carboxylic acids is 2. The molecule has 0 saturated carbocycles. The van der Waals surface area contributed by atoms with Gasteiger partial charge in [-0.1, -0.05) is 107 Å². The minimum atomic E-state index is -0.389. The number of ketones is 2. The zero-order valence-corrected chi connectivity index (χ0v) is 34.9. The van der Waals surface area contributed by atoms with E-state index in [0.717, 1.165) is 18.4 Å². The minimum Gasteiger partial charge on any atom is -0.493 e. The third-order valence-electron chi connectivity index (χ3n) is 6.84. The highest BCUT2D eigenvalue weighted by Crippen LogP contribution is 2.30. The Morgan fingerprint density at radius 2 is 1.48 bits per heavy atom. The number of nitrogens with two attached hydrogens (primary N) is 1. The number of Topliss-reactive ketones (excluding diaryl/α,β-unsaturated/α-hetero) is 2. The van der Waals surface area contributed by atoms with Crippen molar-refractivity contribution in [2.45, 2.75) is 161 Å². The number of nitrogens with zero attached hydrogens (tertiary/aromatic N) is 1. The highest BCUT2D eigenvalue weighted by molar-refractivity contribution is 6.03. The first-order valence-electron chi connectivity index (χ1n) is 18.6. The van der Waals surface area contributed by atoms with Gasteiger partial charge in [0.15, 0.2) is 11.6 Å². The van der Waals surface area contributed by atoms with Crippen LogP contribution in [-0.2, 0) is 21.4 Å². The molecule has 0 bridgehead atoms. The topological polar surface area (TPSA) is 106 Å². The molecule has 0 unspecified atom stereocenters. The third kappa shape index (κ3) is 27.5. The van der Waals surface area contributed by atoms with Gasteiger partial charge in [0.25, 0.3) is 0 Å². The molecule has 1 aromatic carbocycles. The predicted molar refractivity (Wildman–Crippen MR) is 219 cm³/mol. The number of nitrogens with one attached hydrogen (secondary N) is 1. The van der Waals surface area contributed by atoms with E-state index in [-0.39, 0.29) is 36.0 Å². The minimum absolute atomic E-state index is 0.0136. The molecule has 0 amide bonds. The van der Waals surface area contributed by atoms with E-state index in [1.807, 2.05) is 53.7 Å². The molecule has 0 fully saturated rings. The molecule has 0 aliphatic rings. The second-order valence-corrected chi connectivity index (χ2v) is 13.0. The number of amidine groups is 1. The summed E-state index contributed by atoms with van der Waals surface area (Å²) in [6, 6.07) is 4.01. The van der Waals surface area contributed by atoms with E-state index in [1.54, 1.807) is 19.1 Å². The fourth-order valence-electron chi connectivity index (χ4n) is 4.47. The Morgan fingerprint density at radius 1 is 0.980 bits per heavy atom. The van der Waals surface area contributed by atoms with Gasteiger partial charge in [-0.25, -0.2) is 4.39 Å². The van der Waals surface area contributed by atoms with Crippen molar-refractivity contribution in [1.29, 1.82) is 5.41 Å². The first-order chi connectivity index (χ1) is 23.4. The largest absolute Gasteiger partial charge is 0.493 e. The number of alkyl halides is 1. The van der Waals surface area contributed by atoms with Gasteiger partial charge in [-0.15, -0.1) is 0 Å². The molecule has 7 heteroatoms. The molecular formula is C43H76FN3O3. The van der Waals surface area contributed by atoms with E-state index in [4.69, 9.17) is 15.9 Å². The lowest BCUT2D eigenvalue weighted by Crippen LogP contribution is -2.17. The maximum Gasteiger partial charge on any atom is 0.184 e. The summed E-state index contributed by atoms with van der Waals surface area (Å²) in [5.74, 6) is 0.723. The second kappa shape index (κ2) is 32.8. The molecule has 0 heterocycles. The maximum absolute atomic E-state index is 13.0. The van der Waals surface area contributed by atoms with Gasteiger partial charge in [0, 0.05) is 23.8 Å². The summed E-state index contributed by atoms with van der Waals surface area (Å²) in [4.78, 5) is 29.9. The number of carbonyl (C=O) groups is 2. The van der Waals surface area contributed by atoms with Gasteiger partial charge in [0.2, 0.25) is 0 Å². The summed E-state index contributed by atoms with van der Waals surface area (Å²) < 4.78 is 16.7. The number of hydrogen-bond acceptors (Lipinski definition) is 5. The van der Waals surface area contributed by atoms with Gasteiger partial charge in [0.1, 0.15) is 19.0 Å². The SMILES string of the molecule is C/C=C(C(=O)CCC)\C(=C/C(C)=NCC(=O)c1cc(C)c(CC)c(C(C)(C)C)c1)OCC.C=C(C)CF.CC.CC(=N)N.CCCCCCC. The van der Waals surface area contributed by atoms with E-state index in [9.17, 15) is 14.0 Å². The summed E-state index contributed by atoms with van der Waals surface area (Å²) in [6.45, 7) is 33.4. The smallest absolute Gasteiger partial charge is 0.184 e.